The summed E-state index contributed by atoms with van der Waals surface area (Å²) in [5.74, 6) is -0.119. The van der Waals surface area contributed by atoms with Crippen molar-refractivity contribution in [2.24, 2.45) is 0 Å². The zero-order chi connectivity index (χ0) is 24.7. The first kappa shape index (κ1) is 23.7. The van der Waals surface area contributed by atoms with Gasteiger partial charge in [0.2, 0.25) is 0 Å². The van der Waals surface area contributed by atoms with E-state index in [1.807, 2.05) is 24.8 Å². The predicted octanol–water partition coefficient (Wildman–Crippen LogP) is 3.85. The van der Waals surface area contributed by atoms with Gasteiger partial charge in [-0.2, -0.15) is 0 Å². The van der Waals surface area contributed by atoms with Crippen molar-refractivity contribution in [1.82, 2.24) is 14.3 Å². The molecule has 0 N–H and O–H groups in total. The number of rotatable bonds is 4. The number of benzene rings is 1. The quantitative estimate of drug-likeness (QED) is 0.390. The molecule has 2 atom stereocenters. The lowest BCUT2D eigenvalue weighted by molar-refractivity contribution is -0.122. The molecular weight excluding hydrogens is 487 g/mol. The molecule has 2 saturated heterocycles. The van der Waals surface area contributed by atoms with E-state index in [1.165, 1.54) is 21.4 Å². The van der Waals surface area contributed by atoms with Gasteiger partial charge in [0.1, 0.15) is 21.6 Å². The molecule has 0 aliphatic carbocycles. The van der Waals surface area contributed by atoms with Gasteiger partial charge in [-0.1, -0.05) is 42.2 Å². The van der Waals surface area contributed by atoms with Crippen LogP contribution in [0.5, 0.6) is 0 Å². The molecule has 2 aromatic heterocycles. The summed E-state index contributed by atoms with van der Waals surface area (Å²) < 4.78 is 21.0. The molecule has 2 unspecified atom stereocenters. The molecule has 0 saturated carbocycles. The maximum absolute atomic E-state index is 13.6. The second-order valence-electron chi connectivity index (χ2n) is 8.64. The van der Waals surface area contributed by atoms with Gasteiger partial charge < -0.3 is 9.64 Å². The minimum absolute atomic E-state index is 0.0310. The number of carbonyl (C=O) groups is 1. The Labute approximate surface area is 211 Å². The highest BCUT2D eigenvalue weighted by Crippen LogP contribution is 2.35. The molecule has 2 fully saturated rings. The third kappa shape index (κ3) is 4.73. The average Bonchev–Trinajstić information content (AvgIpc) is 3.09. The van der Waals surface area contributed by atoms with Crippen LogP contribution in [0, 0.1) is 5.82 Å². The number of ether oxygens (including phenoxy) is 1. The van der Waals surface area contributed by atoms with Gasteiger partial charge in [0.05, 0.1) is 29.2 Å². The highest BCUT2D eigenvalue weighted by Gasteiger charge is 2.33. The van der Waals surface area contributed by atoms with E-state index in [0.29, 0.717) is 39.3 Å². The van der Waals surface area contributed by atoms with Crippen molar-refractivity contribution in [1.29, 1.82) is 0 Å². The van der Waals surface area contributed by atoms with Crippen LogP contribution in [0.2, 0.25) is 0 Å². The van der Waals surface area contributed by atoms with E-state index in [4.69, 9.17) is 21.9 Å². The Morgan fingerprint density at radius 2 is 1.86 bits per heavy atom. The molecule has 0 bridgehead atoms. The standard InChI is InChI=1S/C25H23FN4O3S2/c1-15-12-28(13-16(2)33-15)22-19(23(31)29-10-4-3-5-21(29)27-22)11-20-24(32)30(25(34)35-20)14-17-6-8-18(26)9-7-17/h3-11,15-16H,12-14H2,1-2H3/b20-11+. The van der Waals surface area contributed by atoms with Crippen LogP contribution in [0.1, 0.15) is 25.0 Å². The first-order valence-electron chi connectivity index (χ1n) is 11.2. The van der Waals surface area contributed by atoms with Crippen molar-refractivity contribution in [2.75, 3.05) is 18.0 Å². The lowest BCUT2D eigenvalue weighted by Crippen LogP contribution is -2.46. The van der Waals surface area contributed by atoms with E-state index in [2.05, 4.69) is 0 Å². The third-order valence-corrected chi connectivity index (χ3v) is 7.25. The average molecular weight is 511 g/mol. The van der Waals surface area contributed by atoms with Crippen LogP contribution in [-0.2, 0) is 16.1 Å². The predicted molar refractivity (Wildman–Crippen MR) is 139 cm³/mol. The van der Waals surface area contributed by atoms with Crippen LogP contribution in [-0.4, -0.2) is 49.8 Å². The van der Waals surface area contributed by atoms with Gasteiger partial charge in [0, 0.05) is 19.3 Å². The highest BCUT2D eigenvalue weighted by molar-refractivity contribution is 8.26. The molecule has 1 amide bonds. The number of hydrogen-bond donors (Lipinski definition) is 0. The van der Waals surface area contributed by atoms with Crippen molar-refractivity contribution in [2.45, 2.75) is 32.6 Å². The van der Waals surface area contributed by atoms with E-state index < -0.39 is 0 Å². The van der Waals surface area contributed by atoms with E-state index in [1.54, 1.807) is 36.5 Å². The Hall–Kier alpha value is -3.08. The van der Waals surface area contributed by atoms with Gasteiger partial charge in [0.15, 0.2) is 0 Å². The van der Waals surface area contributed by atoms with E-state index in [-0.39, 0.29) is 36.0 Å². The summed E-state index contributed by atoms with van der Waals surface area (Å²) in [6, 6.07) is 11.3. The maximum Gasteiger partial charge on any atom is 0.267 e. The monoisotopic (exact) mass is 510 g/mol. The number of amides is 1. The van der Waals surface area contributed by atoms with E-state index in [9.17, 15) is 14.0 Å². The number of pyridine rings is 1. The number of fused-ring (bicyclic) bond motifs is 1. The van der Waals surface area contributed by atoms with Gasteiger partial charge in [0.25, 0.3) is 11.5 Å². The smallest absolute Gasteiger partial charge is 0.267 e. The molecule has 3 aromatic rings. The number of carbonyl (C=O) groups excluding carboxylic acids is 1. The molecule has 2 aliphatic rings. The Bertz CT molecular complexity index is 1400. The lowest BCUT2D eigenvalue weighted by atomic mass is 10.1. The minimum Gasteiger partial charge on any atom is -0.372 e. The van der Waals surface area contributed by atoms with Crippen LogP contribution in [0.15, 0.2) is 58.4 Å². The molecule has 2 aliphatic heterocycles. The van der Waals surface area contributed by atoms with Gasteiger partial charge in [-0.3, -0.25) is 18.9 Å². The normalized spacial score (nSPS) is 22.0. The molecule has 7 nitrogen and oxygen atoms in total. The number of thioether (sulfide) groups is 1. The highest BCUT2D eigenvalue weighted by atomic mass is 32.2. The number of morpholine rings is 1. The van der Waals surface area contributed by atoms with E-state index in [0.717, 1.165) is 17.3 Å². The fourth-order valence-electron chi connectivity index (χ4n) is 4.35. The zero-order valence-electron chi connectivity index (χ0n) is 19.2. The van der Waals surface area contributed by atoms with Crippen molar-refractivity contribution in [3.8, 4) is 0 Å². The number of hydrogen-bond acceptors (Lipinski definition) is 7. The fraction of sp³-hybridized carbons (Fsp3) is 0.280. The number of thiocarbonyl (C=S) groups is 1. The van der Waals surface area contributed by atoms with Crippen molar-refractivity contribution >= 4 is 51.7 Å². The summed E-state index contributed by atoms with van der Waals surface area (Å²) >= 11 is 6.61. The van der Waals surface area contributed by atoms with Crippen LogP contribution >= 0.6 is 24.0 Å². The fourth-order valence-corrected chi connectivity index (χ4v) is 5.59. The molecule has 4 heterocycles. The Morgan fingerprint density at radius 1 is 1.14 bits per heavy atom. The molecule has 5 rings (SSSR count). The van der Waals surface area contributed by atoms with Crippen molar-refractivity contribution in [3.63, 3.8) is 0 Å². The van der Waals surface area contributed by atoms with Crippen LogP contribution in [0.4, 0.5) is 10.2 Å². The second-order valence-corrected chi connectivity index (χ2v) is 10.3. The molecule has 35 heavy (non-hydrogen) atoms. The SMILES string of the molecule is CC1CN(c2nc3ccccn3c(=O)c2/C=C2/SC(=S)N(Cc3ccc(F)cc3)C2=O)CC(C)O1. The Kier molecular flexibility index (Phi) is 6.43. The second kappa shape index (κ2) is 9.52. The van der Waals surface area contributed by atoms with E-state index >= 15 is 0 Å². The van der Waals surface area contributed by atoms with Crippen molar-refractivity contribution < 1.29 is 13.9 Å². The van der Waals surface area contributed by atoms with Crippen LogP contribution in [0.3, 0.4) is 0 Å². The largest absolute Gasteiger partial charge is 0.372 e. The van der Waals surface area contributed by atoms with Gasteiger partial charge in [-0.05, 0) is 49.8 Å². The molecular formula is C25H23FN4O3S2. The number of nitrogens with zero attached hydrogens (tertiary/aromatic N) is 4. The molecule has 0 radical (unpaired) electrons. The van der Waals surface area contributed by atoms with Gasteiger partial charge >= 0.3 is 0 Å². The van der Waals surface area contributed by atoms with Crippen molar-refractivity contribution in [3.05, 3.63) is 80.9 Å². The minimum atomic E-state index is -0.345. The summed E-state index contributed by atoms with van der Waals surface area (Å²) in [4.78, 5) is 35.5. The molecule has 10 heteroatoms. The summed E-state index contributed by atoms with van der Waals surface area (Å²) in [7, 11) is 0. The Balaban J connectivity index is 1.55. The lowest BCUT2D eigenvalue weighted by Gasteiger charge is -2.36. The molecule has 0 spiro atoms. The summed E-state index contributed by atoms with van der Waals surface area (Å²) in [5.41, 5.74) is 1.35. The Morgan fingerprint density at radius 3 is 2.57 bits per heavy atom. The summed E-state index contributed by atoms with van der Waals surface area (Å²) in [6.45, 7) is 5.34. The zero-order valence-corrected chi connectivity index (χ0v) is 20.8. The maximum atomic E-state index is 13.6. The first-order valence-corrected chi connectivity index (χ1v) is 12.4. The van der Waals surface area contributed by atoms with Crippen LogP contribution < -0.4 is 10.5 Å². The summed E-state index contributed by atoms with van der Waals surface area (Å²) in [5, 5.41) is 0. The van der Waals surface area contributed by atoms with Gasteiger partial charge in [-0.15, -0.1) is 0 Å². The van der Waals surface area contributed by atoms with Crippen LogP contribution in [0.25, 0.3) is 11.7 Å². The summed E-state index contributed by atoms with van der Waals surface area (Å²) in [6.07, 6.45) is 3.20. The number of aromatic nitrogens is 2. The first-order chi connectivity index (χ1) is 16.8. The molecule has 1 aromatic carbocycles. The topological polar surface area (TPSA) is 67.2 Å². The van der Waals surface area contributed by atoms with Gasteiger partial charge in [-0.25, -0.2) is 9.37 Å². The number of anilines is 1. The number of halogens is 1. The molecule has 180 valence electrons. The third-order valence-electron chi connectivity index (χ3n) is 5.87.